The lowest BCUT2D eigenvalue weighted by Gasteiger charge is -2.32. The van der Waals surface area contributed by atoms with E-state index in [1.54, 1.807) is 12.1 Å². The molecule has 1 atom stereocenters. The first kappa shape index (κ1) is 13.3. The van der Waals surface area contributed by atoms with Gasteiger partial charge in [0.05, 0.1) is 11.0 Å². The summed E-state index contributed by atoms with van der Waals surface area (Å²) in [6.07, 6.45) is 3.55. The zero-order valence-corrected chi connectivity index (χ0v) is 12.7. The highest BCUT2D eigenvalue weighted by Crippen LogP contribution is 2.45. The third-order valence-corrected chi connectivity index (χ3v) is 5.30. The molecule has 1 saturated heterocycles. The molecule has 1 aromatic carbocycles. The number of hydrogen-bond acceptors (Lipinski definition) is 2. The molecule has 4 rings (SSSR count). The van der Waals surface area contributed by atoms with E-state index in [0.29, 0.717) is 12.0 Å². The normalized spacial score (nSPS) is 26.1. The monoisotopic (exact) mass is 287 g/mol. The second kappa shape index (κ2) is 4.54. The van der Waals surface area contributed by atoms with Crippen LogP contribution in [0.5, 0.6) is 0 Å². The van der Waals surface area contributed by atoms with Gasteiger partial charge in [-0.05, 0) is 43.9 Å². The summed E-state index contributed by atoms with van der Waals surface area (Å²) >= 11 is 0. The Balaban J connectivity index is 1.97. The summed E-state index contributed by atoms with van der Waals surface area (Å²) in [7, 11) is 0. The van der Waals surface area contributed by atoms with Crippen LogP contribution in [-0.4, -0.2) is 22.6 Å². The van der Waals surface area contributed by atoms with Crippen molar-refractivity contribution in [2.24, 2.45) is 5.92 Å². The molecular formula is C17H22FN3. The van der Waals surface area contributed by atoms with Gasteiger partial charge in [-0.15, -0.1) is 0 Å². The van der Waals surface area contributed by atoms with Crippen LogP contribution in [0, 0.1) is 11.7 Å². The summed E-state index contributed by atoms with van der Waals surface area (Å²) < 4.78 is 16.0. The third-order valence-electron chi connectivity index (χ3n) is 5.30. The fourth-order valence-corrected chi connectivity index (χ4v) is 3.78. The second-order valence-electron chi connectivity index (χ2n) is 6.91. The van der Waals surface area contributed by atoms with Crippen molar-refractivity contribution in [3.05, 3.63) is 29.8 Å². The summed E-state index contributed by atoms with van der Waals surface area (Å²) in [4.78, 5) is 4.89. The lowest BCUT2D eigenvalue weighted by Crippen LogP contribution is -2.37. The summed E-state index contributed by atoms with van der Waals surface area (Å²) in [5.74, 6) is 1.50. The maximum Gasteiger partial charge on any atom is 0.125 e. The molecule has 2 heterocycles. The molecule has 2 aliphatic rings. The Bertz CT molecular complexity index is 679. The SMILES string of the molecule is CC(C)C1(c2nc3cc(F)ccc3n2C2CC2)CCNC1. The van der Waals surface area contributed by atoms with Gasteiger partial charge in [0.25, 0.3) is 0 Å². The van der Waals surface area contributed by atoms with E-state index in [9.17, 15) is 4.39 Å². The number of fused-ring (bicyclic) bond motifs is 1. The molecule has 1 N–H and O–H groups in total. The van der Waals surface area contributed by atoms with Crippen molar-refractivity contribution in [2.75, 3.05) is 13.1 Å². The van der Waals surface area contributed by atoms with Crippen LogP contribution in [0.1, 0.15) is 45.0 Å². The number of imidazole rings is 1. The molecule has 1 aromatic heterocycles. The van der Waals surface area contributed by atoms with Crippen LogP contribution >= 0.6 is 0 Å². The largest absolute Gasteiger partial charge is 0.324 e. The quantitative estimate of drug-likeness (QED) is 0.937. The molecule has 1 unspecified atom stereocenters. The van der Waals surface area contributed by atoms with Crippen LogP contribution in [-0.2, 0) is 5.41 Å². The molecule has 2 fully saturated rings. The standard InChI is InChI=1S/C17H22FN3/c1-11(2)17(7-8-19-10-17)16-20-14-9-12(18)3-6-15(14)21(16)13-4-5-13/h3,6,9,11,13,19H,4-5,7-8,10H2,1-2H3. The number of nitrogens with zero attached hydrogens (tertiary/aromatic N) is 2. The lowest BCUT2D eigenvalue weighted by molar-refractivity contribution is 0.307. The molecule has 1 aliphatic heterocycles. The Labute approximate surface area is 124 Å². The Morgan fingerprint density at radius 2 is 2.19 bits per heavy atom. The lowest BCUT2D eigenvalue weighted by atomic mass is 9.75. The highest BCUT2D eigenvalue weighted by atomic mass is 19.1. The molecular weight excluding hydrogens is 265 g/mol. The van der Waals surface area contributed by atoms with Gasteiger partial charge in [0.2, 0.25) is 0 Å². The van der Waals surface area contributed by atoms with Crippen LogP contribution < -0.4 is 5.32 Å². The Morgan fingerprint density at radius 1 is 1.38 bits per heavy atom. The van der Waals surface area contributed by atoms with Gasteiger partial charge in [0, 0.05) is 24.1 Å². The second-order valence-corrected chi connectivity index (χ2v) is 6.91. The average Bonchev–Trinajstić information content (AvgIpc) is 3.03. The fraction of sp³-hybridized carbons (Fsp3) is 0.588. The Kier molecular flexibility index (Phi) is 2.86. The highest BCUT2D eigenvalue weighted by Gasteiger charge is 2.44. The van der Waals surface area contributed by atoms with Crippen LogP contribution in [0.15, 0.2) is 18.2 Å². The minimum atomic E-state index is -0.197. The smallest absolute Gasteiger partial charge is 0.125 e. The third kappa shape index (κ3) is 1.92. The molecule has 4 heteroatoms. The van der Waals surface area contributed by atoms with Crippen molar-refractivity contribution in [2.45, 2.75) is 44.6 Å². The summed E-state index contributed by atoms with van der Waals surface area (Å²) in [5, 5.41) is 3.51. The molecule has 3 nitrogen and oxygen atoms in total. The summed E-state index contributed by atoms with van der Waals surface area (Å²) in [5.41, 5.74) is 1.99. The van der Waals surface area contributed by atoms with Crippen LogP contribution in [0.4, 0.5) is 4.39 Å². The van der Waals surface area contributed by atoms with Crippen molar-refractivity contribution >= 4 is 11.0 Å². The predicted octanol–water partition coefficient (Wildman–Crippen LogP) is 3.40. The number of aromatic nitrogens is 2. The van der Waals surface area contributed by atoms with Crippen molar-refractivity contribution in [3.8, 4) is 0 Å². The predicted molar refractivity (Wildman–Crippen MR) is 82.0 cm³/mol. The van der Waals surface area contributed by atoms with Gasteiger partial charge in [-0.2, -0.15) is 0 Å². The van der Waals surface area contributed by atoms with Crippen molar-refractivity contribution in [1.29, 1.82) is 0 Å². The van der Waals surface area contributed by atoms with Crippen LogP contribution in [0.25, 0.3) is 11.0 Å². The molecule has 1 saturated carbocycles. The van der Waals surface area contributed by atoms with Gasteiger partial charge in [-0.3, -0.25) is 0 Å². The first-order valence-electron chi connectivity index (χ1n) is 8.00. The molecule has 0 amide bonds. The highest BCUT2D eigenvalue weighted by molar-refractivity contribution is 5.77. The van der Waals surface area contributed by atoms with Gasteiger partial charge in [-0.1, -0.05) is 13.8 Å². The molecule has 21 heavy (non-hydrogen) atoms. The van der Waals surface area contributed by atoms with E-state index in [-0.39, 0.29) is 11.2 Å². The van der Waals surface area contributed by atoms with Crippen LogP contribution in [0.2, 0.25) is 0 Å². The van der Waals surface area contributed by atoms with E-state index in [1.807, 2.05) is 6.07 Å². The average molecular weight is 287 g/mol. The maximum absolute atomic E-state index is 13.6. The fourth-order valence-electron chi connectivity index (χ4n) is 3.78. The molecule has 0 bridgehead atoms. The molecule has 2 aromatic rings. The van der Waals surface area contributed by atoms with Crippen LogP contribution in [0.3, 0.4) is 0 Å². The van der Waals surface area contributed by atoms with Crippen molar-refractivity contribution < 1.29 is 4.39 Å². The summed E-state index contributed by atoms with van der Waals surface area (Å²) in [6.45, 7) is 6.58. The number of nitrogens with one attached hydrogen (secondary N) is 1. The molecule has 0 radical (unpaired) electrons. The zero-order chi connectivity index (χ0) is 14.6. The van der Waals surface area contributed by atoms with Crippen molar-refractivity contribution in [3.63, 3.8) is 0 Å². The summed E-state index contributed by atoms with van der Waals surface area (Å²) in [6, 6.07) is 5.60. The number of rotatable bonds is 3. The van der Waals surface area contributed by atoms with E-state index in [4.69, 9.17) is 4.98 Å². The van der Waals surface area contributed by atoms with Gasteiger partial charge < -0.3 is 9.88 Å². The molecule has 1 aliphatic carbocycles. The molecule has 0 spiro atoms. The topological polar surface area (TPSA) is 29.9 Å². The maximum atomic E-state index is 13.6. The van der Waals surface area contributed by atoms with E-state index in [0.717, 1.165) is 30.5 Å². The van der Waals surface area contributed by atoms with E-state index in [2.05, 4.69) is 23.7 Å². The van der Waals surface area contributed by atoms with Crippen molar-refractivity contribution in [1.82, 2.24) is 14.9 Å². The number of benzene rings is 1. The van der Waals surface area contributed by atoms with Gasteiger partial charge in [-0.25, -0.2) is 9.37 Å². The minimum absolute atomic E-state index is 0.0814. The number of hydrogen-bond donors (Lipinski definition) is 1. The first-order valence-corrected chi connectivity index (χ1v) is 8.00. The van der Waals surface area contributed by atoms with Gasteiger partial charge in [0.15, 0.2) is 0 Å². The van der Waals surface area contributed by atoms with E-state index >= 15 is 0 Å². The Hall–Kier alpha value is -1.42. The van der Waals surface area contributed by atoms with Gasteiger partial charge >= 0.3 is 0 Å². The molecule has 112 valence electrons. The first-order chi connectivity index (χ1) is 10.1. The van der Waals surface area contributed by atoms with Gasteiger partial charge in [0.1, 0.15) is 11.6 Å². The van der Waals surface area contributed by atoms with E-state index < -0.39 is 0 Å². The minimum Gasteiger partial charge on any atom is -0.324 e. The zero-order valence-electron chi connectivity index (χ0n) is 12.7. The number of halogens is 1. The Morgan fingerprint density at radius 3 is 2.81 bits per heavy atom. The van der Waals surface area contributed by atoms with E-state index in [1.165, 1.54) is 18.7 Å².